The predicted octanol–water partition coefficient (Wildman–Crippen LogP) is 3.62. The van der Waals surface area contributed by atoms with Crippen molar-refractivity contribution in [3.63, 3.8) is 0 Å². The van der Waals surface area contributed by atoms with Crippen molar-refractivity contribution in [1.82, 2.24) is 19.5 Å². The molecule has 0 radical (unpaired) electrons. The van der Waals surface area contributed by atoms with Gasteiger partial charge in [-0.3, -0.25) is 4.98 Å². The van der Waals surface area contributed by atoms with Gasteiger partial charge in [-0.1, -0.05) is 6.07 Å². The summed E-state index contributed by atoms with van der Waals surface area (Å²) in [6.45, 7) is 4.81. The maximum Gasteiger partial charge on any atom is 0.126 e. The molecule has 0 aromatic carbocycles. The first-order valence-corrected chi connectivity index (χ1v) is 9.53. The minimum Gasteiger partial charge on any atom is -0.395 e. The van der Waals surface area contributed by atoms with Crippen molar-refractivity contribution >= 4 is 5.82 Å². The number of imidazole rings is 1. The maximum absolute atomic E-state index is 9.08. The fraction of sp³-hybridized carbons (Fsp3) is 0.381. The minimum absolute atomic E-state index is 0.0729. The van der Waals surface area contributed by atoms with E-state index in [4.69, 9.17) is 15.1 Å². The number of anilines is 1. The monoisotopic (exact) mass is 363 g/mol. The number of pyridine rings is 2. The molecule has 27 heavy (non-hydrogen) atoms. The summed E-state index contributed by atoms with van der Waals surface area (Å²) < 4.78 is 2.37. The first-order chi connectivity index (χ1) is 13.2. The van der Waals surface area contributed by atoms with Gasteiger partial charge < -0.3 is 15.0 Å². The van der Waals surface area contributed by atoms with Crippen molar-refractivity contribution in [3.8, 4) is 22.6 Å². The molecular weight excluding hydrogens is 338 g/mol. The van der Waals surface area contributed by atoms with Gasteiger partial charge in [0.1, 0.15) is 17.3 Å². The van der Waals surface area contributed by atoms with E-state index in [0.29, 0.717) is 12.6 Å². The van der Waals surface area contributed by atoms with Crippen LogP contribution in [0.25, 0.3) is 22.6 Å². The van der Waals surface area contributed by atoms with Crippen LogP contribution in [0.2, 0.25) is 0 Å². The molecule has 1 aliphatic heterocycles. The molecule has 0 saturated carbocycles. The molecule has 3 aromatic heterocycles. The molecule has 0 spiro atoms. The van der Waals surface area contributed by atoms with Crippen molar-refractivity contribution in [1.29, 1.82) is 0 Å². The Morgan fingerprint density at radius 2 is 2.15 bits per heavy atom. The smallest absolute Gasteiger partial charge is 0.126 e. The molecule has 0 saturated heterocycles. The lowest BCUT2D eigenvalue weighted by Crippen LogP contribution is -2.16. The van der Waals surface area contributed by atoms with Crippen LogP contribution in [-0.4, -0.2) is 37.8 Å². The van der Waals surface area contributed by atoms with E-state index in [0.717, 1.165) is 59.2 Å². The second-order valence-electron chi connectivity index (χ2n) is 7.08. The molecule has 2 N–H and O–H groups in total. The Morgan fingerprint density at radius 3 is 2.96 bits per heavy atom. The number of aromatic nitrogens is 4. The average molecular weight is 363 g/mol. The molecule has 6 heteroatoms. The van der Waals surface area contributed by atoms with E-state index in [1.807, 2.05) is 37.3 Å². The zero-order valence-electron chi connectivity index (χ0n) is 15.8. The van der Waals surface area contributed by atoms with Gasteiger partial charge in [0.15, 0.2) is 0 Å². The van der Waals surface area contributed by atoms with Crippen molar-refractivity contribution < 1.29 is 5.11 Å². The number of nitrogens with one attached hydrogen (secondary N) is 1. The number of aryl methyl sites for hydroxylation is 2. The van der Waals surface area contributed by atoms with Gasteiger partial charge in [0.25, 0.3) is 0 Å². The van der Waals surface area contributed by atoms with E-state index in [-0.39, 0.29) is 6.61 Å². The summed E-state index contributed by atoms with van der Waals surface area (Å²) in [4.78, 5) is 14.1. The van der Waals surface area contributed by atoms with Gasteiger partial charge >= 0.3 is 0 Å². The molecule has 0 bridgehead atoms. The predicted molar refractivity (Wildman–Crippen MR) is 107 cm³/mol. The highest BCUT2D eigenvalue weighted by Gasteiger charge is 2.26. The van der Waals surface area contributed by atoms with Gasteiger partial charge in [0, 0.05) is 36.5 Å². The van der Waals surface area contributed by atoms with E-state index in [2.05, 4.69) is 21.8 Å². The zero-order chi connectivity index (χ0) is 18.8. The second kappa shape index (κ2) is 7.48. The molecule has 1 aliphatic rings. The highest BCUT2D eigenvalue weighted by molar-refractivity contribution is 5.78. The van der Waals surface area contributed by atoms with Crippen LogP contribution in [0, 0.1) is 6.92 Å². The van der Waals surface area contributed by atoms with Crippen LogP contribution in [0.5, 0.6) is 0 Å². The van der Waals surface area contributed by atoms with Crippen LogP contribution < -0.4 is 5.32 Å². The number of hydrogen-bond acceptors (Lipinski definition) is 5. The normalized spacial score (nSPS) is 16.2. The van der Waals surface area contributed by atoms with E-state index >= 15 is 0 Å². The molecule has 4 heterocycles. The molecule has 4 rings (SSSR count). The van der Waals surface area contributed by atoms with Crippen LogP contribution in [-0.2, 0) is 6.42 Å². The van der Waals surface area contributed by atoms with Crippen molar-refractivity contribution in [2.45, 2.75) is 39.2 Å². The fourth-order valence-corrected chi connectivity index (χ4v) is 3.80. The van der Waals surface area contributed by atoms with E-state index in [1.54, 1.807) is 6.20 Å². The Hall–Kier alpha value is -2.73. The number of aliphatic hydroxyl groups excluding tert-OH is 1. The highest BCUT2D eigenvalue weighted by atomic mass is 16.3. The Balaban J connectivity index is 1.89. The summed E-state index contributed by atoms with van der Waals surface area (Å²) in [5, 5.41) is 12.2. The quantitative estimate of drug-likeness (QED) is 0.724. The summed E-state index contributed by atoms with van der Waals surface area (Å²) >= 11 is 0. The molecule has 140 valence electrons. The lowest BCUT2D eigenvalue weighted by atomic mass is 10.0. The molecule has 0 aliphatic carbocycles. The first-order valence-electron chi connectivity index (χ1n) is 9.53. The fourth-order valence-electron chi connectivity index (χ4n) is 3.80. The van der Waals surface area contributed by atoms with Crippen LogP contribution >= 0.6 is 0 Å². The number of hydrogen-bond donors (Lipinski definition) is 2. The Bertz CT molecular complexity index is 949. The molecule has 6 nitrogen and oxygen atoms in total. The summed E-state index contributed by atoms with van der Waals surface area (Å²) in [5.74, 6) is 1.88. The van der Waals surface area contributed by atoms with Crippen molar-refractivity contribution in [2.75, 3.05) is 18.5 Å². The Kier molecular flexibility index (Phi) is 4.90. The maximum atomic E-state index is 9.08. The number of fused-ring (bicyclic) bond motifs is 1. The Labute approximate surface area is 159 Å². The summed E-state index contributed by atoms with van der Waals surface area (Å²) in [5.41, 5.74) is 4.99. The highest BCUT2D eigenvalue weighted by Crippen LogP contribution is 2.38. The topological polar surface area (TPSA) is 75.9 Å². The molecule has 1 atom stereocenters. The van der Waals surface area contributed by atoms with E-state index < -0.39 is 0 Å². The first kappa shape index (κ1) is 17.7. The van der Waals surface area contributed by atoms with Gasteiger partial charge in [0.05, 0.1) is 18.0 Å². The summed E-state index contributed by atoms with van der Waals surface area (Å²) in [7, 11) is 0. The third-order valence-corrected chi connectivity index (χ3v) is 5.03. The van der Waals surface area contributed by atoms with Crippen LogP contribution in [0.4, 0.5) is 5.82 Å². The standard InChI is InChI=1S/C21H25N5O/c1-14-5-3-7-17(24-14)20-21(26-15(2)6-4-8-19(26)25-20)16-9-10-22-18(13-16)23-11-12-27/h3,5,7,9-10,13,15,27H,4,6,8,11-12H2,1-2H3,(H,22,23)/t15-/m1/s1. The number of rotatable bonds is 5. The molecule has 0 unspecified atom stereocenters. The summed E-state index contributed by atoms with van der Waals surface area (Å²) in [6, 6.07) is 10.5. The van der Waals surface area contributed by atoms with Gasteiger partial charge in [0.2, 0.25) is 0 Å². The second-order valence-corrected chi connectivity index (χ2v) is 7.08. The SMILES string of the molecule is Cc1cccc(-c2nc3n(c2-c2ccnc(NCCO)c2)[C@H](C)CCC3)n1. The largest absolute Gasteiger partial charge is 0.395 e. The third kappa shape index (κ3) is 3.45. The van der Waals surface area contributed by atoms with Crippen LogP contribution in [0.15, 0.2) is 36.5 Å². The van der Waals surface area contributed by atoms with Gasteiger partial charge in [-0.25, -0.2) is 9.97 Å². The molecule has 0 amide bonds. The lowest BCUT2D eigenvalue weighted by molar-refractivity contribution is 0.311. The van der Waals surface area contributed by atoms with E-state index in [1.165, 1.54) is 0 Å². The molecule has 0 fully saturated rings. The number of nitrogens with zero attached hydrogens (tertiary/aromatic N) is 4. The Morgan fingerprint density at radius 1 is 1.26 bits per heavy atom. The lowest BCUT2D eigenvalue weighted by Gasteiger charge is -2.24. The van der Waals surface area contributed by atoms with Gasteiger partial charge in [-0.15, -0.1) is 0 Å². The molecular formula is C21H25N5O. The summed E-state index contributed by atoms with van der Waals surface area (Å²) in [6.07, 6.45) is 5.11. The van der Waals surface area contributed by atoms with Crippen LogP contribution in [0.1, 0.15) is 37.3 Å². The zero-order valence-corrected chi connectivity index (χ0v) is 15.8. The van der Waals surface area contributed by atoms with Crippen molar-refractivity contribution in [3.05, 3.63) is 48.0 Å². The van der Waals surface area contributed by atoms with E-state index in [9.17, 15) is 0 Å². The van der Waals surface area contributed by atoms with Gasteiger partial charge in [-0.05, 0) is 51.0 Å². The number of aliphatic hydroxyl groups is 1. The average Bonchev–Trinajstić information content (AvgIpc) is 3.08. The minimum atomic E-state index is 0.0729. The molecule has 3 aromatic rings. The van der Waals surface area contributed by atoms with Gasteiger partial charge in [-0.2, -0.15) is 0 Å². The van der Waals surface area contributed by atoms with Crippen LogP contribution in [0.3, 0.4) is 0 Å². The third-order valence-electron chi connectivity index (χ3n) is 5.03. The van der Waals surface area contributed by atoms with Crippen molar-refractivity contribution in [2.24, 2.45) is 0 Å².